The summed E-state index contributed by atoms with van der Waals surface area (Å²) in [5.41, 5.74) is 4.14. The van der Waals surface area contributed by atoms with Gasteiger partial charge in [-0.05, 0) is 36.2 Å². The molecule has 0 spiro atoms. The normalized spacial score (nSPS) is 10.7. The Morgan fingerprint density at radius 3 is 2.81 bits per heavy atom. The number of aryl methyl sites for hydroxylation is 1. The van der Waals surface area contributed by atoms with Crippen molar-refractivity contribution in [1.82, 2.24) is 9.55 Å². The fourth-order valence-electron chi connectivity index (χ4n) is 2.47. The molecule has 0 saturated heterocycles. The lowest BCUT2D eigenvalue weighted by Gasteiger charge is -2.09. The summed E-state index contributed by atoms with van der Waals surface area (Å²) in [5, 5.41) is 9.75. The summed E-state index contributed by atoms with van der Waals surface area (Å²) < 4.78 is 2.07. The molecule has 0 unspecified atom stereocenters. The van der Waals surface area contributed by atoms with Crippen molar-refractivity contribution in [2.75, 3.05) is 0 Å². The SMILES string of the molecule is Cc1ccc2c(c1)nc(CC#N)n2Cc1ccccc1Cl. The second-order valence-corrected chi connectivity index (χ2v) is 5.44. The van der Waals surface area contributed by atoms with Gasteiger partial charge < -0.3 is 4.57 Å². The van der Waals surface area contributed by atoms with E-state index in [1.165, 1.54) is 0 Å². The van der Waals surface area contributed by atoms with Crippen LogP contribution in [0.3, 0.4) is 0 Å². The summed E-state index contributed by atoms with van der Waals surface area (Å²) in [6.45, 7) is 2.66. The predicted molar refractivity (Wildman–Crippen MR) is 84.3 cm³/mol. The molecule has 3 nitrogen and oxygen atoms in total. The quantitative estimate of drug-likeness (QED) is 0.729. The fraction of sp³-hybridized carbons (Fsp3) is 0.176. The molecule has 2 aromatic carbocycles. The van der Waals surface area contributed by atoms with E-state index < -0.39 is 0 Å². The van der Waals surface area contributed by atoms with Gasteiger partial charge in [0.2, 0.25) is 0 Å². The van der Waals surface area contributed by atoms with Crippen LogP contribution in [0.25, 0.3) is 11.0 Å². The van der Waals surface area contributed by atoms with E-state index >= 15 is 0 Å². The first-order valence-corrected chi connectivity index (χ1v) is 7.13. The van der Waals surface area contributed by atoms with Gasteiger partial charge in [0, 0.05) is 5.02 Å². The van der Waals surface area contributed by atoms with E-state index in [0.29, 0.717) is 6.54 Å². The van der Waals surface area contributed by atoms with Crippen LogP contribution in [0.5, 0.6) is 0 Å². The van der Waals surface area contributed by atoms with Crippen molar-refractivity contribution in [2.45, 2.75) is 19.9 Å². The molecule has 1 aromatic heterocycles. The first-order valence-electron chi connectivity index (χ1n) is 6.75. The molecule has 0 fully saturated rings. The fourth-order valence-corrected chi connectivity index (χ4v) is 2.66. The third-order valence-corrected chi connectivity index (χ3v) is 3.87. The minimum atomic E-state index is 0.290. The van der Waals surface area contributed by atoms with E-state index in [9.17, 15) is 0 Å². The molecule has 0 amide bonds. The van der Waals surface area contributed by atoms with Gasteiger partial charge in [-0.2, -0.15) is 5.26 Å². The molecule has 21 heavy (non-hydrogen) atoms. The maximum Gasteiger partial charge on any atom is 0.124 e. The first kappa shape index (κ1) is 13.7. The lowest BCUT2D eigenvalue weighted by molar-refractivity contribution is 0.770. The number of hydrogen-bond acceptors (Lipinski definition) is 2. The summed E-state index contributed by atoms with van der Waals surface area (Å²) in [6.07, 6.45) is 0.290. The number of fused-ring (bicyclic) bond motifs is 1. The van der Waals surface area contributed by atoms with Gasteiger partial charge in [0.1, 0.15) is 5.82 Å². The largest absolute Gasteiger partial charge is 0.323 e. The van der Waals surface area contributed by atoms with E-state index in [0.717, 1.165) is 33.0 Å². The minimum Gasteiger partial charge on any atom is -0.323 e. The zero-order valence-electron chi connectivity index (χ0n) is 11.7. The monoisotopic (exact) mass is 295 g/mol. The van der Waals surface area contributed by atoms with Crippen molar-refractivity contribution in [3.05, 3.63) is 64.4 Å². The lowest BCUT2D eigenvalue weighted by atomic mass is 10.2. The highest BCUT2D eigenvalue weighted by Crippen LogP contribution is 2.22. The third-order valence-electron chi connectivity index (χ3n) is 3.51. The molecular formula is C17H14ClN3. The number of halogens is 1. The highest BCUT2D eigenvalue weighted by atomic mass is 35.5. The van der Waals surface area contributed by atoms with Gasteiger partial charge >= 0.3 is 0 Å². The van der Waals surface area contributed by atoms with Crippen LogP contribution in [-0.2, 0) is 13.0 Å². The average molecular weight is 296 g/mol. The van der Waals surface area contributed by atoms with Crippen LogP contribution >= 0.6 is 11.6 Å². The van der Waals surface area contributed by atoms with Gasteiger partial charge in [-0.15, -0.1) is 0 Å². The Morgan fingerprint density at radius 2 is 2.05 bits per heavy atom. The molecule has 3 aromatic rings. The highest BCUT2D eigenvalue weighted by molar-refractivity contribution is 6.31. The van der Waals surface area contributed by atoms with Crippen LogP contribution in [0.15, 0.2) is 42.5 Å². The van der Waals surface area contributed by atoms with Crippen LogP contribution < -0.4 is 0 Å². The average Bonchev–Trinajstić information content (AvgIpc) is 2.79. The molecule has 0 saturated carbocycles. The number of aromatic nitrogens is 2. The Balaban J connectivity index is 2.14. The zero-order chi connectivity index (χ0) is 14.8. The topological polar surface area (TPSA) is 41.6 Å². The predicted octanol–water partition coefficient (Wildman–Crippen LogP) is 4.11. The second-order valence-electron chi connectivity index (χ2n) is 5.03. The molecule has 0 aliphatic carbocycles. The van der Waals surface area contributed by atoms with Gasteiger partial charge in [-0.1, -0.05) is 35.9 Å². The maximum atomic E-state index is 9.02. The first-order chi connectivity index (χ1) is 10.2. The Bertz CT molecular complexity index is 843. The molecule has 0 aliphatic rings. The standard InChI is InChI=1S/C17H14ClN3/c1-12-6-7-16-15(10-12)20-17(8-9-19)21(16)11-13-4-2-3-5-14(13)18/h2-7,10H,8,11H2,1H3. The van der Waals surface area contributed by atoms with E-state index in [1.807, 2.05) is 37.3 Å². The van der Waals surface area contributed by atoms with Crippen LogP contribution in [-0.4, -0.2) is 9.55 Å². The molecule has 104 valence electrons. The lowest BCUT2D eigenvalue weighted by Crippen LogP contribution is -2.05. The van der Waals surface area contributed by atoms with Crippen molar-refractivity contribution in [1.29, 1.82) is 5.26 Å². The molecule has 4 heteroatoms. The summed E-state index contributed by atoms with van der Waals surface area (Å²) in [4.78, 5) is 4.59. The van der Waals surface area contributed by atoms with Gasteiger partial charge in [0.05, 0.1) is 30.1 Å². The van der Waals surface area contributed by atoms with Crippen LogP contribution in [0, 0.1) is 18.3 Å². The van der Waals surface area contributed by atoms with Crippen molar-refractivity contribution >= 4 is 22.6 Å². The van der Waals surface area contributed by atoms with E-state index in [2.05, 4.69) is 27.8 Å². The number of imidazole rings is 1. The Labute approximate surface area is 128 Å². The number of hydrogen-bond donors (Lipinski definition) is 0. The zero-order valence-corrected chi connectivity index (χ0v) is 12.4. The number of nitrogens with zero attached hydrogens (tertiary/aromatic N) is 3. The number of benzene rings is 2. The van der Waals surface area contributed by atoms with Crippen LogP contribution in [0.1, 0.15) is 17.0 Å². The van der Waals surface area contributed by atoms with Crippen LogP contribution in [0.4, 0.5) is 0 Å². The smallest absolute Gasteiger partial charge is 0.124 e. The maximum absolute atomic E-state index is 9.02. The van der Waals surface area contributed by atoms with E-state index in [4.69, 9.17) is 16.9 Å². The molecule has 0 aliphatic heterocycles. The van der Waals surface area contributed by atoms with Gasteiger partial charge in [-0.3, -0.25) is 0 Å². The molecule has 0 N–H and O–H groups in total. The van der Waals surface area contributed by atoms with Crippen molar-refractivity contribution in [3.63, 3.8) is 0 Å². The molecule has 0 radical (unpaired) electrons. The minimum absolute atomic E-state index is 0.290. The Hall–Kier alpha value is -2.31. The molecule has 3 rings (SSSR count). The highest BCUT2D eigenvalue weighted by Gasteiger charge is 2.12. The summed E-state index contributed by atoms with van der Waals surface area (Å²) in [7, 11) is 0. The number of nitriles is 1. The van der Waals surface area contributed by atoms with Gasteiger partial charge in [0.15, 0.2) is 0 Å². The van der Waals surface area contributed by atoms with Crippen molar-refractivity contribution in [3.8, 4) is 6.07 Å². The van der Waals surface area contributed by atoms with E-state index in [1.54, 1.807) is 0 Å². The Morgan fingerprint density at radius 1 is 1.24 bits per heavy atom. The van der Waals surface area contributed by atoms with Crippen molar-refractivity contribution < 1.29 is 0 Å². The summed E-state index contributed by atoms with van der Waals surface area (Å²) in [5.74, 6) is 0.776. The third kappa shape index (κ3) is 2.63. The number of rotatable bonds is 3. The summed E-state index contributed by atoms with van der Waals surface area (Å²) in [6, 6.07) is 16.1. The molecular weight excluding hydrogens is 282 g/mol. The van der Waals surface area contributed by atoms with Gasteiger partial charge in [0.25, 0.3) is 0 Å². The molecule has 0 bridgehead atoms. The molecule has 1 heterocycles. The molecule has 0 atom stereocenters. The Kier molecular flexibility index (Phi) is 3.64. The van der Waals surface area contributed by atoms with Gasteiger partial charge in [-0.25, -0.2) is 4.98 Å². The van der Waals surface area contributed by atoms with Crippen LogP contribution in [0.2, 0.25) is 5.02 Å². The second kappa shape index (κ2) is 5.59. The van der Waals surface area contributed by atoms with Crippen molar-refractivity contribution in [2.24, 2.45) is 0 Å². The summed E-state index contributed by atoms with van der Waals surface area (Å²) >= 11 is 6.25. The van der Waals surface area contributed by atoms with E-state index in [-0.39, 0.29) is 6.42 Å².